The maximum Gasteiger partial charge on any atom is 0.415 e. The van der Waals surface area contributed by atoms with Gasteiger partial charge in [-0.05, 0) is 51.8 Å². The number of ether oxygens (including phenoxy) is 2. The van der Waals surface area contributed by atoms with Crippen LogP contribution in [0.2, 0.25) is 0 Å². The number of fused-ring (bicyclic) bond motifs is 2. The Morgan fingerprint density at radius 1 is 1.08 bits per heavy atom. The Kier molecular flexibility index (Phi) is 6.94. The van der Waals surface area contributed by atoms with Gasteiger partial charge in [0.1, 0.15) is 23.7 Å². The minimum absolute atomic E-state index is 0.180. The number of rotatable bonds is 4. The van der Waals surface area contributed by atoms with E-state index in [0.29, 0.717) is 48.7 Å². The van der Waals surface area contributed by atoms with E-state index >= 15 is 0 Å². The molecule has 5 heterocycles. The third-order valence-corrected chi connectivity index (χ3v) is 6.29. The van der Waals surface area contributed by atoms with Crippen LogP contribution >= 0.6 is 0 Å². The standard InChI is InChI=1S/C27H32N8O4/c1-16-21(14-29-24-23(16)35(10-11-38-24)26(37)39-27(3,4)5)34-9-8-18-12-30-25(33-20(18)15-34)32-19-6-7-22(28-13-19)31-17(2)36/h6-7,12-14H,8-11,15H2,1-5H3,(H,28,31,36)(H,30,32,33). The van der Waals surface area contributed by atoms with Crippen molar-refractivity contribution in [3.8, 4) is 5.88 Å². The van der Waals surface area contributed by atoms with Gasteiger partial charge in [0.2, 0.25) is 17.7 Å². The summed E-state index contributed by atoms with van der Waals surface area (Å²) >= 11 is 0. The van der Waals surface area contributed by atoms with Gasteiger partial charge in [0.05, 0.1) is 42.6 Å². The SMILES string of the molecule is CC(=O)Nc1ccc(Nc2ncc3c(n2)CN(c2cnc4c(c2C)N(C(=O)OC(C)(C)C)CCO4)CC3)cn1. The summed E-state index contributed by atoms with van der Waals surface area (Å²) < 4.78 is 11.4. The Morgan fingerprint density at radius 3 is 2.62 bits per heavy atom. The van der Waals surface area contributed by atoms with Crippen LogP contribution in [0.5, 0.6) is 5.88 Å². The molecule has 204 valence electrons. The molecule has 5 rings (SSSR count). The van der Waals surface area contributed by atoms with Gasteiger partial charge in [0.15, 0.2) is 0 Å². The zero-order valence-corrected chi connectivity index (χ0v) is 22.7. The van der Waals surface area contributed by atoms with E-state index in [1.54, 1.807) is 29.4 Å². The fourth-order valence-corrected chi connectivity index (χ4v) is 4.57. The highest BCUT2D eigenvalue weighted by Gasteiger charge is 2.32. The van der Waals surface area contributed by atoms with Gasteiger partial charge >= 0.3 is 6.09 Å². The summed E-state index contributed by atoms with van der Waals surface area (Å²) in [5.74, 6) is 1.17. The predicted octanol–water partition coefficient (Wildman–Crippen LogP) is 3.97. The van der Waals surface area contributed by atoms with Gasteiger partial charge in [0.25, 0.3) is 0 Å². The molecule has 0 bridgehead atoms. The lowest BCUT2D eigenvalue weighted by atomic mass is 10.0. The van der Waals surface area contributed by atoms with Gasteiger partial charge in [-0.1, -0.05) is 0 Å². The lowest BCUT2D eigenvalue weighted by Crippen LogP contribution is -2.42. The normalized spacial score (nSPS) is 14.6. The van der Waals surface area contributed by atoms with Crippen molar-refractivity contribution in [1.29, 1.82) is 0 Å². The number of hydrogen-bond donors (Lipinski definition) is 2. The molecule has 0 aromatic carbocycles. The van der Waals surface area contributed by atoms with Gasteiger partial charge in [-0.25, -0.2) is 24.7 Å². The molecule has 39 heavy (non-hydrogen) atoms. The van der Waals surface area contributed by atoms with Crippen LogP contribution in [0, 0.1) is 6.92 Å². The quantitative estimate of drug-likeness (QED) is 0.508. The maximum atomic E-state index is 13.0. The van der Waals surface area contributed by atoms with Gasteiger partial charge in [-0.15, -0.1) is 0 Å². The lowest BCUT2D eigenvalue weighted by molar-refractivity contribution is -0.114. The Balaban J connectivity index is 1.36. The summed E-state index contributed by atoms with van der Waals surface area (Å²) in [5, 5.41) is 5.82. The minimum Gasteiger partial charge on any atom is -0.474 e. The summed E-state index contributed by atoms with van der Waals surface area (Å²) in [6.45, 7) is 11.0. The van der Waals surface area contributed by atoms with Gasteiger partial charge < -0.3 is 25.0 Å². The van der Waals surface area contributed by atoms with Crippen molar-refractivity contribution in [2.75, 3.05) is 40.1 Å². The third kappa shape index (κ3) is 5.84. The van der Waals surface area contributed by atoms with Gasteiger partial charge in [-0.2, -0.15) is 0 Å². The number of hydrogen-bond acceptors (Lipinski definition) is 10. The van der Waals surface area contributed by atoms with Crippen LogP contribution in [0.25, 0.3) is 0 Å². The first kappa shape index (κ1) is 26.1. The average molecular weight is 533 g/mol. The van der Waals surface area contributed by atoms with Crippen LogP contribution in [0.3, 0.4) is 0 Å². The molecular weight excluding hydrogens is 500 g/mol. The van der Waals surface area contributed by atoms with Crippen LogP contribution in [0.1, 0.15) is 44.5 Å². The third-order valence-electron chi connectivity index (χ3n) is 6.29. The van der Waals surface area contributed by atoms with Crippen LogP contribution in [0.15, 0.2) is 30.7 Å². The molecule has 2 N–H and O–H groups in total. The molecule has 0 unspecified atom stereocenters. The Bertz CT molecular complexity index is 1400. The Hall–Kier alpha value is -4.48. The van der Waals surface area contributed by atoms with E-state index in [0.717, 1.165) is 35.5 Å². The zero-order chi connectivity index (χ0) is 27.7. The van der Waals surface area contributed by atoms with Crippen molar-refractivity contribution in [3.05, 3.63) is 47.5 Å². The van der Waals surface area contributed by atoms with E-state index < -0.39 is 11.7 Å². The highest BCUT2D eigenvalue weighted by atomic mass is 16.6. The van der Waals surface area contributed by atoms with Crippen LogP contribution in [-0.2, 0) is 22.5 Å². The fraction of sp³-hybridized carbons (Fsp3) is 0.407. The van der Waals surface area contributed by atoms with Crippen LogP contribution in [0.4, 0.5) is 33.6 Å². The van der Waals surface area contributed by atoms with Crippen LogP contribution < -0.4 is 25.2 Å². The number of anilines is 5. The molecule has 0 radical (unpaired) electrons. The smallest absolute Gasteiger partial charge is 0.415 e. The first-order chi connectivity index (χ1) is 18.6. The lowest BCUT2D eigenvalue weighted by Gasteiger charge is -2.35. The number of carbonyl (C=O) groups is 2. The second kappa shape index (κ2) is 10.4. The summed E-state index contributed by atoms with van der Waals surface area (Å²) in [6, 6.07) is 3.51. The fourth-order valence-electron chi connectivity index (χ4n) is 4.57. The second-order valence-electron chi connectivity index (χ2n) is 10.5. The van der Waals surface area contributed by atoms with E-state index in [9.17, 15) is 9.59 Å². The van der Waals surface area contributed by atoms with E-state index in [-0.39, 0.29) is 5.91 Å². The molecule has 12 nitrogen and oxygen atoms in total. The first-order valence-corrected chi connectivity index (χ1v) is 12.8. The predicted molar refractivity (Wildman–Crippen MR) is 147 cm³/mol. The topological polar surface area (TPSA) is 135 Å². The highest BCUT2D eigenvalue weighted by molar-refractivity contribution is 5.92. The molecule has 12 heteroatoms. The molecule has 0 spiro atoms. The van der Waals surface area contributed by atoms with Crippen LogP contribution in [-0.4, -0.2) is 57.2 Å². The van der Waals surface area contributed by atoms with Gasteiger partial charge in [0, 0.05) is 25.2 Å². The molecule has 0 saturated heterocycles. The summed E-state index contributed by atoms with van der Waals surface area (Å²) in [7, 11) is 0. The Labute approximate surface area is 226 Å². The first-order valence-electron chi connectivity index (χ1n) is 12.8. The highest BCUT2D eigenvalue weighted by Crippen LogP contribution is 2.39. The number of carbonyl (C=O) groups excluding carboxylic acids is 2. The maximum absolute atomic E-state index is 13.0. The van der Waals surface area contributed by atoms with Gasteiger partial charge in [-0.3, -0.25) is 9.69 Å². The number of aromatic nitrogens is 4. The van der Waals surface area contributed by atoms with Crippen molar-refractivity contribution >= 4 is 40.8 Å². The zero-order valence-electron chi connectivity index (χ0n) is 22.7. The van der Waals surface area contributed by atoms with Crippen molar-refractivity contribution < 1.29 is 19.1 Å². The van der Waals surface area contributed by atoms with E-state index in [1.807, 2.05) is 33.9 Å². The summed E-state index contributed by atoms with van der Waals surface area (Å²) in [5.41, 5.74) is 4.51. The Morgan fingerprint density at radius 2 is 1.90 bits per heavy atom. The molecular formula is C27H32N8O4. The molecule has 0 saturated carbocycles. The molecule has 2 aliphatic heterocycles. The number of nitrogens with zero attached hydrogens (tertiary/aromatic N) is 6. The monoisotopic (exact) mass is 532 g/mol. The molecule has 0 atom stereocenters. The number of nitrogens with one attached hydrogen (secondary N) is 2. The molecule has 2 amide bonds. The molecule has 3 aromatic rings. The molecule has 0 fully saturated rings. The molecule has 2 aliphatic rings. The molecule has 3 aromatic heterocycles. The van der Waals surface area contributed by atoms with E-state index in [2.05, 4.69) is 30.5 Å². The second-order valence-corrected chi connectivity index (χ2v) is 10.5. The van der Waals surface area contributed by atoms with Crippen molar-refractivity contribution in [3.63, 3.8) is 0 Å². The minimum atomic E-state index is -0.611. The van der Waals surface area contributed by atoms with E-state index in [4.69, 9.17) is 14.5 Å². The number of pyridine rings is 2. The van der Waals surface area contributed by atoms with Crippen molar-refractivity contribution in [1.82, 2.24) is 19.9 Å². The largest absolute Gasteiger partial charge is 0.474 e. The molecule has 0 aliphatic carbocycles. The average Bonchev–Trinajstić information content (AvgIpc) is 2.88. The van der Waals surface area contributed by atoms with Crippen molar-refractivity contribution in [2.45, 2.75) is 53.2 Å². The van der Waals surface area contributed by atoms with Crippen molar-refractivity contribution in [2.24, 2.45) is 0 Å². The number of amides is 2. The van der Waals surface area contributed by atoms with E-state index in [1.165, 1.54) is 6.92 Å². The summed E-state index contributed by atoms with van der Waals surface area (Å²) in [6.07, 6.45) is 5.60. The summed E-state index contributed by atoms with van der Waals surface area (Å²) in [4.78, 5) is 46.0.